The van der Waals surface area contributed by atoms with E-state index in [4.69, 9.17) is 16.2 Å². The van der Waals surface area contributed by atoms with E-state index in [9.17, 15) is 14.0 Å². The Morgan fingerprint density at radius 3 is 2.26 bits per heavy atom. The summed E-state index contributed by atoms with van der Waals surface area (Å²) in [6, 6.07) is 21.4. The fourth-order valence-corrected chi connectivity index (χ4v) is 3.60. The second-order valence-electron chi connectivity index (χ2n) is 8.24. The van der Waals surface area contributed by atoms with Crippen LogP contribution < -0.4 is 26.8 Å². The Bertz CT molecular complexity index is 1470. The van der Waals surface area contributed by atoms with Crippen LogP contribution in [0.3, 0.4) is 0 Å². The molecule has 0 unspecified atom stereocenters. The standard InChI is InChI=1S/C28H25FN6O3/c1-38-24-15-19(27(30)37)6-12-23(24)34-28(31)35-25-13-7-20(16-32-25)18-4-10-22(11-5-18)33-26(36)14-17-2-8-21(29)9-3-17/h2-13,15-16H,14H2,1H3,(H2,30,37)(H,33,36)(H3,31,32,34,35). The summed E-state index contributed by atoms with van der Waals surface area (Å²) >= 11 is 0. The first-order valence-electron chi connectivity index (χ1n) is 11.5. The summed E-state index contributed by atoms with van der Waals surface area (Å²) in [6.07, 6.45) is 1.81. The number of ether oxygens (including phenoxy) is 1. The number of halogens is 1. The number of rotatable bonds is 8. The lowest BCUT2D eigenvalue weighted by atomic mass is 10.1. The van der Waals surface area contributed by atoms with E-state index in [1.54, 1.807) is 48.7 Å². The summed E-state index contributed by atoms with van der Waals surface area (Å²) in [7, 11) is 1.47. The molecule has 0 saturated heterocycles. The normalized spacial score (nSPS) is 11.1. The highest BCUT2D eigenvalue weighted by Gasteiger charge is 2.09. The molecule has 0 aliphatic heterocycles. The molecule has 6 N–H and O–H groups in total. The number of benzene rings is 3. The minimum Gasteiger partial charge on any atom is -0.495 e. The van der Waals surface area contributed by atoms with Gasteiger partial charge in [0.2, 0.25) is 11.8 Å². The van der Waals surface area contributed by atoms with Gasteiger partial charge < -0.3 is 26.8 Å². The van der Waals surface area contributed by atoms with Crippen LogP contribution >= 0.6 is 0 Å². The summed E-state index contributed by atoms with van der Waals surface area (Å²) in [5.74, 6) is -0.249. The van der Waals surface area contributed by atoms with E-state index in [2.05, 4.69) is 20.6 Å². The third-order valence-corrected chi connectivity index (χ3v) is 5.51. The molecule has 0 atom stereocenters. The van der Waals surface area contributed by atoms with Gasteiger partial charge in [0.05, 0.1) is 19.2 Å². The molecule has 0 fully saturated rings. The van der Waals surface area contributed by atoms with Crippen molar-refractivity contribution >= 4 is 35.0 Å². The molecule has 0 spiro atoms. The molecule has 9 nitrogen and oxygen atoms in total. The Morgan fingerprint density at radius 2 is 1.63 bits per heavy atom. The van der Waals surface area contributed by atoms with Gasteiger partial charge in [-0.25, -0.2) is 9.37 Å². The zero-order valence-corrected chi connectivity index (χ0v) is 20.4. The van der Waals surface area contributed by atoms with E-state index >= 15 is 0 Å². The number of primary amides is 1. The number of aromatic nitrogens is 1. The lowest BCUT2D eigenvalue weighted by Crippen LogP contribution is -2.22. The van der Waals surface area contributed by atoms with Crippen molar-refractivity contribution in [2.45, 2.75) is 6.42 Å². The van der Waals surface area contributed by atoms with Crippen LogP contribution in [0.4, 0.5) is 21.6 Å². The van der Waals surface area contributed by atoms with Crippen LogP contribution in [0, 0.1) is 5.82 Å². The number of hydrogen-bond acceptors (Lipinski definition) is 5. The summed E-state index contributed by atoms with van der Waals surface area (Å²) in [5, 5.41) is 5.75. The SMILES string of the molecule is COc1cc(C(N)=O)ccc1NC(N)=Nc1ccc(-c2ccc(NC(=O)Cc3ccc(F)cc3)cc2)cn1. The second-order valence-corrected chi connectivity index (χ2v) is 8.24. The number of methoxy groups -OCH3 is 1. The first-order chi connectivity index (χ1) is 18.3. The quantitative estimate of drug-likeness (QED) is 0.205. The Kier molecular flexibility index (Phi) is 7.92. The number of carbonyl (C=O) groups is 2. The van der Waals surface area contributed by atoms with Crippen LogP contribution in [0.15, 0.2) is 90.1 Å². The number of pyridine rings is 1. The molecule has 1 heterocycles. The summed E-state index contributed by atoms with van der Waals surface area (Å²) in [5.41, 5.74) is 15.3. The average Bonchev–Trinajstić information content (AvgIpc) is 2.91. The fourth-order valence-electron chi connectivity index (χ4n) is 3.60. The Labute approximate surface area is 218 Å². The summed E-state index contributed by atoms with van der Waals surface area (Å²) in [4.78, 5) is 32.2. The largest absolute Gasteiger partial charge is 0.495 e. The number of anilines is 2. The minimum atomic E-state index is -0.568. The summed E-state index contributed by atoms with van der Waals surface area (Å²) < 4.78 is 18.3. The molecule has 4 aromatic rings. The monoisotopic (exact) mass is 512 g/mol. The molecule has 38 heavy (non-hydrogen) atoms. The third-order valence-electron chi connectivity index (χ3n) is 5.51. The molecular weight excluding hydrogens is 487 g/mol. The van der Waals surface area contributed by atoms with Gasteiger partial charge in [-0.15, -0.1) is 0 Å². The van der Waals surface area contributed by atoms with Crippen molar-refractivity contribution in [3.63, 3.8) is 0 Å². The predicted molar refractivity (Wildman–Crippen MR) is 145 cm³/mol. The molecule has 10 heteroatoms. The van der Waals surface area contributed by atoms with E-state index in [1.165, 1.54) is 25.3 Å². The van der Waals surface area contributed by atoms with E-state index in [-0.39, 0.29) is 24.1 Å². The first-order valence-corrected chi connectivity index (χ1v) is 11.5. The smallest absolute Gasteiger partial charge is 0.248 e. The van der Waals surface area contributed by atoms with Crippen molar-refractivity contribution in [2.24, 2.45) is 16.5 Å². The molecular formula is C28H25FN6O3. The van der Waals surface area contributed by atoms with Crippen LogP contribution in [-0.2, 0) is 11.2 Å². The van der Waals surface area contributed by atoms with Crippen molar-refractivity contribution in [3.8, 4) is 16.9 Å². The average molecular weight is 513 g/mol. The molecule has 0 saturated carbocycles. The van der Waals surface area contributed by atoms with Crippen LogP contribution in [0.25, 0.3) is 11.1 Å². The Hall–Kier alpha value is -5.25. The zero-order valence-electron chi connectivity index (χ0n) is 20.4. The van der Waals surface area contributed by atoms with Crippen molar-refractivity contribution in [1.82, 2.24) is 4.98 Å². The van der Waals surface area contributed by atoms with Crippen molar-refractivity contribution < 1.29 is 18.7 Å². The van der Waals surface area contributed by atoms with Gasteiger partial charge in [-0.1, -0.05) is 24.3 Å². The predicted octanol–water partition coefficient (Wildman–Crippen LogP) is 4.23. The number of hydrogen-bond donors (Lipinski definition) is 4. The number of nitrogens with two attached hydrogens (primary N) is 2. The topological polar surface area (TPSA) is 145 Å². The van der Waals surface area contributed by atoms with Gasteiger partial charge in [0.15, 0.2) is 11.8 Å². The van der Waals surface area contributed by atoms with Crippen LogP contribution in [-0.4, -0.2) is 29.9 Å². The lowest BCUT2D eigenvalue weighted by Gasteiger charge is -2.11. The van der Waals surface area contributed by atoms with E-state index in [0.29, 0.717) is 28.5 Å². The van der Waals surface area contributed by atoms with Crippen molar-refractivity contribution in [3.05, 3.63) is 102 Å². The van der Waals surface area contributed by atoms with Crippen LogP contribution in [0.2, 0.25) is 0 Å². The number of guanidine groups is 1. The van der Waals surface area contributed by atoms with Crippen molar-refractivity contribution in [2.75, 3.05) is 17.7 Å². The van der Waals surface area contributed by atoms with Crippen molar-refractivity contribution in [1.29, 1.82) is 0 Å². The highest BCUT2D eigenvalue weighted by atomic mass is 19.1. The number of nitrogens with zero attached hydrogens (tertiary/aromatic N) is 2. The third kappa shape index (κ3) is 6.70. The van der Waals surface area contributed by atoms with E-state index < -0.39 is 5.91 Å². The lowest BCUT2D eigenvalue weighted by molar-refractivity contribution is -0.115. The Morgan fingerprint density at radius 1 is 0.921 bits per heavy atom. The molecule has 2 amide bonds. The fraction of sp³-hybridized carbons (Fsp3) is 0.0714. The Balaban J connectivity index is 1.37. The van der Waals surface area contributed by atoms with Gasteiger partial charge in [-0.05, 0) is 65.7 Å². The number of amides is 2. The van der Waals surface area contributed by atoms with Gasteiger partial charge in [-0.2, -0.15) is 4.99 Å². The van der Waals surface area contributed by atoms with Gasteiger partial charge in [0.1, 0.15) is 11.6 Å². The molecule has 0 radical (unpaired) electrons. The minimum absolute atomic E-state index is 0.0797. The van der Waals surface area contributed by atoms with Gasteiger partial charge in [-0.3, -0.25) is 9.59 Å². The maximum absolute atomic E-state index is 13.0. The molecule has 0 bridgehead atoms. The maximum atomic E-state index is 13.0. The van der Waals surface area contributed by atoms with E-state index in [1.807, 2.05) is 18.2 Å². The van der Waals surface area contributed by atoms with Crippen LogP contribution in [0.5, 0.6) is 5.75 Å². The number of carbonyl (C=O) groups excluding carboxylic acids is 2. The molecule has 0 aliphatic rings. The molecule has 192 valence electrons. The number of nitrogens with one attached hydrogen (secondary N) is 2. The molecule has 0 aliphatic carbocycles. The number of aliphatic imine (C=N–C) groups is 1. The van der Waals surface area contributed by atoms with Gasteiger partial charge >= 0.3 is 0 Å². The second kappa shape index (κ2) is 11.7. The van der Waals surface area contributed by atoms with E-state index in [0.717, 1.165) is 16.7 Å². The molecule has 4 rings (SSSR count). The maximum Gasteiger partial charge on any atom is 0.248 e. The first kappa shape index (κ1) is 25.8. The highest BCUT2D eigenvalue weighted by molar-refractivity contribution is 5.98. The highest BCUT2D eigenvalue weighted by Crippen LogP contribution is 2.26. The van der Waals surface area contributed by atoms with Gasteiger partial charge in [0.25, 0.3) is 0 Å². The molecule has 1 aromatic heterocycles. The van der Waals surface area contributed by atoms with Gasteiger partial charge in [0, 0.05) is 23.0 Å². The zero-order chi connectivity index (χ0) is 27.1. The molecule has 3 aromatic carbocycles. The van der Waals surface area contributed by atoms with Crippen LogP contribution in [0.1, 0.15) is 15.9 Å². The summed E-state index contributed by atoms with van der Waals surface area (Å²) in [6.45, 7) is 0.